The van der Waals surface area contributed by atoms with Gasteiger partial charge in [-0.2, -0.15) is 0 Å². The van der Waals surface area contributed by atoms with Crippen molar-refractivity contribution in [2.45, 2.75) is 26.6 Å². The first-order valence-electron chi connectivity index (χ1n) is 5.21. The monoisotopic (exact) mass is 252 g/mol. The molecule has 0 spiro atoms. The molecule has 1 aromatic heterocycles. The number of carbonyl (C=O) groups is 1. The third-order valence-corrected chi connectivity index (χ3v) is 3.39. The first-order chi connectivity index (χ1) is 7.42. The number of esters is 1. The Morgan fingerprint density at radius 1 is 1.50 bits per heavy atom. The molecular weight excluding hydrogens is 236 g/mol. The lowest BCUT2D eigenvalue weighted by atomic mass is 10.3. The minimum Gasteiger partial charge on any atom is -0.462 e. The minimum absolute atomic E-state index is 0.264. The van der Waals surface area contributed by atoms with Gasteiger partial charge in [0.25, 0.3) is 0 Å². The van der Waals surface area contributed by atoms with Crippen LogP contribution < -0.4 is 0 Å². The van der Waals surface area contributed by atoms with E-state index < -0.39 is 8.07 Å². The Labute approximate surface area is 102 Å². The molecule has 4 heteroatoms. The molecule has 2 nitrogen and oxygen atoms in total. The smallest absolute Gasteiger partial charge is 0.339 e. The number of hydrogen-bond donors (Lipinski definition) is 0. The lowest BCUT2D eigenvalue weighted by molar-refractivity contribution is 0.0527. The molecule has 0 atom stereocenters. The van der Waals surface area contributed by atoms with Crippen molar-refractivity contribution >= 4 is 25.4 Å². The Hall–Kier alpha value is -1.05. The predicted octanol–water partition coefficient (Wildman–Crippen LogP) is 3.15. The van der Waals surface area contributed by atoms with Gasteiger partial charge in [0, 0.05) is 5.38 Å². The van der Waals surface area contributed by atoms with Crippen LogP contribution in [0, 0.1) is 11.5 Å². The molecule has 0 amide bonds. The maximum absolute atomic E-state index is 11.4. The quantitative estimate of drug-likeness (QED) is 0.459. The van der Waals surface area contributed by atoms with Crippen LogP contribution in [-0.4, -0.2) is 20.7 Å². The first kappa shape index (κ1) is 13.0. The summed E-state index contributed by atoms with van der Waals surface area (Å²) in [7, 11) is -1.34. The van der Waals surface area contributed by atoms with Gasteiger partial charge < -0.3 is 4.74 Å². The van der Waals surface area contributed by atoms with Crippen molar-refractivity contribution < 1.29 is 9.53 Å². The molecule has 0 radical (unpaired) electrons. The van der Waals surface area contributed by atoms with Gasteiger partial charge in [0.1, 0.15) is 8.07 Å². The molecule has 0 aromatic carbocycles. The fraction of sp³-hybridized carbons (Fsp3) is 0.417. The van der Waals surface area contributed by atoms with Crippen LogP contribution in [0.2, 0.25) is 19.6 Å². The molecule has 0 N–H and O–H groups in total. The molecule has 1 aromatic rings. The van der Waals surface area contributed by atoms with E-state index in [1.165, 1.54) is 11.3 Å². The molecule has 16 heavy (non-hydrogen) atoms. The van der Waals surface area contributed by atoms with E-state index >= 15 is 0 Å². The number of carbonyl (C=O) groups excluding carboxylic acids is 1. The van der Waals surface area contributed by atoms with Gasteiger partial charge in [-0.25, -0.2) is 4.79 Å². The van der Waals surface area contributed by atoms with E-state index in [9.17, 15) is 4.79 Å². The molecular formula is C12H16O2SSi. The average Bonchev–Trinajstić information content (AvgIpc) is 2.62. The molecule has 0 fully saturated rings. The normalized spacial score (nSPS) is 10.5. The lowest BCUT2D eigenvalue weighted by Gasteiger charge is -2.02. The second kappa shape index (κ2) is 5.33. The summed E-state index contributed by atoms with van der Waals surface area (Å²) in [6.45, 7) is 8.79. The van der Waals surface area contributed by atoms with Crippen molar-refractivity contribution in [2.75, 3.05) is 6.61 Å². The minimum atomic E-state index is -1.34. The highest BCUT2D eigenvalue weighted by Crippen LogP contribution is 2.14. The molecule has 0 saturated heterocycles. The van der Waals surface area contributed by atoms with E-state index in [0.29, 0.717) is 12.2 Å². The summed E-state index contributed by atoms with van der Waals surface area (Å²) in [6.07, 6.45) is 0. The fourth-order valence-corrected chi connectivity index (χ4v) is 2.30. The molecule has 0 saturated carbocycles. The summed E-state index contributed by atoms with van der Waals surface area (Å²) in [5.74, 6) is 2.86. The maximum Gasteiger partial charge on any atom is 0.339 e. The Kier molecular flexibility index (Phi) is 4.33. The van der Waals surface area contributed by atoms with Gasteiger partial charge in [0.05, 0.1) is 17.0 Å². The van der Waals surface area contributed by atoms with Crippen molar-refractivity contribution in [1.82, 2.24) is 0 Å². The van der Waals surface area contributed by atoms with Crippen molar-refractivity contribution in [1.29, 1.82) is 0 Å². The number of thiophene rings is 1. The molecule has 86 valence electrons. The van der Waals surface area contributed by atoms with E-state index in [0.717, 1.165) is 4.88 Å². The Morgan fingerprint density at radius 2 is 2.19 bits per heavy atom. The van der Waals surface area contributed by atoms with Gasteiger partial charge in [-0.3, -0.25) is 0 Å². The maximum atomic E-state index is 11.4. The number of hydrogen-bond acceptors (Lipinski definition) is 3. The Bertz CT molecular complexity index is 432. The van der Waals surface area contributed by atoms with Crippen LogP contribution in [0.1, 0.15) is 22.2 Å². The molecule has 0 bridgehead atoms. The van der Waals surface area contributed by atoms with Crippen molar-refractivity contribution in [3.05, 3.63) is 21.9 Å². The summed E-state index contributed by atoms with van der Waals surface area (Å²) >= 11 is 1.49. The van der Waals surface area contributed by atoms with Crippen molar-refractivity contribution in [3.8, 4) is 11.5 Å². The molecule has 0 aliphatic carbocycles. The van der Waals surface area contributed by atoms with E-state index in [-0.39, 0.29) is 5.97 Å². The zero-order valence-corrected chi connectivity index (χ0v) is 11.9. The summed E-state index contributed by atoms with van der Waals surface area (Å²) < 4.78 is 4.91. The van der Waals surface area contributed by atoms with Crippen LogP contribution >= 0.6 is 11.3 Å². The van der Waals surface area contributed by atoms with E-state index in [2.05, 4.69) is 31.1 Å². The third-order valence-electron chi connectivity index (χ3n) is 1.67. The molecule has 0 aliphatic rings. The van der Waals surface area contributed by atoms with Gasteiger partial charge in [-0.15, -0.1) is 16.9 Å². The van der Waals surface area contributed by atoms with Crippen molar-refractivity contribution in [2.24, 2.45) is 0 Å². The van der Waals surface area contributed by atoms with Gasteiger partial charge >= 0.3 is 5.97 Å². The Morgan fingerprint density at radius 3 is 2.75 bits per heavy atom. The van der Waals surface area contributed by atoms with Crippen LogP contribution in [0.5, 0.6) is 0 Å². The van der Waals surface area contributed by atoms with Crippen LogP contribution in [0.4, 0.5) is 0 Å². The van der Waals surface area contributed by atoms with E-state index in [1.54, 1.807) is 18.4 Å². The summed E-state index contributed by atoms with van der Waals surface area (Å²) in [5.41, 5.74) is 3.87. The fourth-order valence-electron chi connectivity index (χ4n) is 0.972. The lowest BCUT2D eigenvalue weighted by Crippen LogP contribution is -2.16. The average molecular weight is 252 g/mol. The highest BCUT2D eigenvalue weighted by Gasteiger charge is 2.10. The number of ether oxygens (including phenoxy) is 1. The molecule has 0 aliphatic heterocycles. The zero-order chi connectivity index (χ0) is 12.2. The number of rotatable bonds is 2. The highest BCUT2D eigenvalue weighted by molar-refractivity contribution is 7.10. The standard InChI is InChI=1S/C12H16O2SSi/c1-5-14-12(13)10-8-11(15-9-10)6-7-16(2,3)4/h8-9H,5H2,1-4H3. The van der Waals surface area contributed by atoms with Gasteiger partial charge in [0.15, 0.2) is 0 Å². The van der Waals surface area contributed by atoms with Crippen molar-refractivity contribution in [3.63, 3.8) is 0 Å². The largest absolute Gasteiger partial charge is 0.462 e. The van der Waals surface area contributed by atoms with Gasteiger partial charge in [0.2, 0.25) is 0 Å². The van der Waals surface area contributed by atoms with Crippen LogP contribution in [0.3, 0.4) is 0 Å². The zero-order valence-electron chi connectivity index (χ0n) is 10.1. The molecule has 0 unspecified atom stereocenters. The van der Waals surface area contributed by atoms with Gasteiger partial charge in [-0.05, 0) is 13.0 Å². The summed E-state index contributed by atoms with van der Waals surface area (Å²) in [5, 5.41) is 1.80. The third kappa shape index (κ3) is 4.21. The van der Waals surface area contributed by atoms with Crippen LogP contribution in [-0.2, 0) is 4.74 Å². The van der Waals surface area contributed by atoms with Crippen LogP contribution in [0.15, 0.2) is 11.4 Å². The molecule has 1 heterocycles. The van der Waals surface area contributed by atoms with Crippen LogP contribution in [0.25, 0.3) is 0 Å². The molecule has 1 rings (SSSR count). The summed E-state index contributed by atoms with van der Waals surface area (Å²) in [6, 6.07) is 1.80. The van der Waals surface area contributed by atoms with Gasteiger partial charge in [-0.1, -0.05) is 25.6 Å². The summed E-state index contributed by atoms with van der Waals surface area (Å²) in [4.78, 5) is 12.3. The predicted molar refractivity (Wildman–Crippen MR) is 70.5 cm³/mol. The SMILES string of the molecule is CCOC(=O)c1csc(C#C[Si](C)(C)C)c1. The second-order valence-electron chi connectivity index (χ2n) is 4.42. The second-order valence-corrected chi connectivity index (χ2v) is 10.1. The topological polar surface area (TPSA) is 26.3 Å². The highest BCUT2D eigenvalue weighted by atomic mass is 32.1. The Balaban J connectivity index is 2.79. The van der Waals surface area contributed by atoms with E-state index in [4.69, 9.17) is 4.74 Å². The first-order valence-corrected chi connectivity index (χ1v) is 9.59. The van der Waals surface area contributed by atoms with E-state index in [1.807, 2.05) is 0 Å².